The zero-order chi connectivity index (χ0) is 27.8. The van der Waals surface area contributed by atoms with E-state index in [0.29, 0.717) is 23.1 Å². The number of piperidine rings is 2. The van der Waals surface area contributed by atoms with Crippen LogP contribution in [-0.2, 0) is 13.6 Å². The summed E-state index contributed by atoms with van der Waals surface area (Å²) in [5.41, 5.74) is 10.8. The number of rotatable bonds is 6. The number of pyridine rings is 1. The van der Waals surface area contributed by atoms with Gasteiger partial charge in [-0.1, -0.05) is 0 Å². The van der Waals surface area contributed by atoms with Gasteiger partial charge in [0, 0.05) is 56.3 Å². The highest BCUT2D eigenvalue weighted by Gasteiger charge is 2.47. The predicted octanol–water partition coefficient (Wildman–Crippen LogP) is 4.56. The number of aromatic nitrogens is 4. The molecule has 2 aliphatic heterocycles. The average molecular weight is 554 g/mol. The Bertz CT molecular complexity index is 1660. The molecular weight excluding hydrogens is 514 g/mol. The highest BCUT2D eigenvalue weighted by atomic mass is 16.5. The summed E-state index contributed by atoms with van der Waals surface area (Å²) in [4.78, 5) is 28.4. The number of ether oxygens (including phenoxy) is 1. The van der Waals surface area contributed by atoms with E-state index in [9.17, 15) is 4.79 Å². The largest absolute Gasteiger partial charge is 0.494 e. The van der Waals surface area contributed by atoms with E-state index < -0.39 is 0 Å². The molecule has 4 fully saturated rings. The number of methoxy groups -OCH3 is 1. The van der Waals surface area contributed by atoms with Gasteiger partial charge < -0.3 is 29.4 Å². The summed E-state index contributed by atoms with van der Waals surface area (Å²) in [5.74, 6) is 3.72. The van der Waals surface area contributed by atoms with E-state index in [-0.39, 0.29) is 18.0 Å². The van der Waals surface area contributed by atoms with Crippen LogP contribution >= 0.6 is 0 Å². The van der Waals surface area contributed by atoms with Crippen molar-refractivity contribution in [2.45, 2.75) is 63.6 Å². The van der Waals surface area contributed by atoms with Crippen molar-refractivity contribution in [1.29, 1.82) is 0 Å². The molecule has 4 aromatic rings. The molecule has 3 unspecified atom stereocenters. The summed E-state index contributed by atoms with van der Waals surface area (Å²) in [6, 6.07) is 10.6. The van der Waals surface area contributed by atoms with Crippen molar-refractivity contribution in [2.24, 2.45) is 24.6 Å². The third-order valence-electron chi connectivity index (χ3n) is 10.1. The lowest BCUT2D eigenvalue weighted by molar-refractivity contribution is 0.0700. The van der Waals surface area contributed by atoms with Crippen LogP contribution in [0.3, 0.4) is 0 Å². The summed E-state index contributed by atoms with van der Waals surface area (Å²) in [5, 5.41) is 1.14. The Morgan fingerprint density at radius 1 is 1.05 bits per heavy atom. The number of likely N-dealkylation sites (tertiary alicyclic amines) is 1. The van der Waals surface area contributed by atoms with Crippen molar-refractivity contribution in [3.8, 4) is 17.3 Å². The quantitative estimate of drug-likeness (QED) is 0.376. The standard InChI is InChI=1S/C32H39N7O2/c1-36-29-23(14-22(16-26(29)41-2)32(40)39-18-21-8-10-24(39)28(21)33)34-31(36)25-15-20-9-11-27(37-12-4-3-5-13-37)35-30(20)38(25)17-19-6-7-19/h9,11,14-16,19,21,24,28H,3-8,10,12-13,17-18,33H2,1-2H3. The van der Waals surface area contributed by atoms with Crippen molar-refractivity contribution in [2.75, 3.05) is 31.6 Å². The van der Waals surface area contributed by atoms with Gasteiger partial charge >= 0.3 is 0 Å². The zero-order valence-corrected chi connectivity index (χ0v) is 24.1. The van der Waals surface area contributed by atoms with Gasteiger partial charge in [-0.3, -0.25) is 4.79 Å². The van der Waals surface area contributed by atoms with Gasteiger partial charge in [-0.05, 0) is 87.1 Å². The summed E-state index contributed by atoms with van der Waals surface area (Å²) in [6.07, 6.45) is 8.38. The van der Waals surface area contributed by atoms with E-state index in [2.05, 4.69) is 32.2 Å². The SMILES string of the molecule is COc1cc(C(=O)N2CC3CCC2C3N)cc2nc(-c3cc4ccc(N5CCCCC5)nc4n3CC3CC3)n(C)c12. The number of aryl methyl sites for hydroxylation is 1. The number of benzene rings is 1. The van der Waals surface area contributed by atoms with Crippen LogP contribution in [0.15, 0.2) is 30.3 Å². The van der Waals surface area contributed by atoms with Crippen LogP contribution in [0.25, 0.3) is 33.6 Å². The number of carbonyl (C=O) groups is 1. The maximum Gasteiger partial charge on any atom is 0.254 e. The Balaban J connectivity index is 1.22. The number of hydrogen-bond donors (Lipinski definition) is 1. The van der Waals surface area contributed by atoms with E-state index in [4.69, 9.17) is 20.4 Å². The minimum Gasteiger partial charge on any atom is -0.494 e. The topological polar surface area (TPSA) is 94.4 Å². The van der Waals surface area contributed by atoms with Crippen LogP contribution in [0.2, 0.25) is 0 Å². The highest BCUT2D eigenvalue weighted by molar-refractivity contribution is 6.00. The zero-order valence-electron chi connectivity index (χ0n) is 24.1. The molecule has 9 nitrogen and oxygen atoms in total. The van der Waals surface area contributed by atoms with Crippen LogP contribution in [0.1, 0.15) is 55.3 Å². The molecule has 9 heteroatoms. The lowest BCUT2D eigenvalue weighted by Crippen LogP contribution is -2.41. The van der Waals surface area contributed by atoms with Crippen LogP contribution in [0.4, 0.5) is 5.82 Å². The Hall–Kier alpha value is -3.59. The molecule has 0 radical (unpaired) electrons. The molecular formula is C32H39N7O2. The molecule has 2 saturated heterocycles. The van der Waals surface area contributed by atoms with E-state index in [1.165, 1.54) is 32.1 Å². The lowest BCUT2D eigenvalue weighted by Gasteiger charge is -2.27. The van der Waals surface area contributed by atoms with Gasteiger partial charge in [-0.25, -0.2) is 9.97 Å². The number of fused-ring (bicyclic) bond motifs is 4. The van der Waals surface area contributed by atoms with Gasteiger partial charge in [-0.2, -0.15) is 0 Å². The fraction of sp³-hybridized carbons (Fsp3) is 0.531. The molecule has 41 heavy (non-hydrogen) atoms. The number of nitrogens with two attached hydrogens (primary N) is 1. The summed E-state index contributed by atoms with van der Waals surface area (Å²) in [6.45, 7) is 3.83. The first-order valence-electron chi connectivity index (χ1n) is 15.4. The highest BCUT2D eigenvalue weighted by Crippen LogP contribution is 2.40. The smallest absolute Gasteiger partial charge is 0.254 e. The number of carbonyl (C=O) groups excluding carboxylic acids is 1. The van der Waals surface area contributed by atoms with Crippen LogP contribution in [0, 0.1) is 11.8 Å². The number of imidazole rings is 1. The second-order valence-corrected chi connectivity index (χ2v) is 12.7. The van der Waals surface area contributed by atoms with Gasteiger partial charge in [0.1, 0.15) is 22.7 Å². The van der Waals surface area contributed by atoms with Gasteiger partial charge in [-0.15, -0.1) is 0 Å². The van der Waals surface area contributed by atoms with Gasteiger partial charge in [0.05, 0.1) is 18.3 Å². The van der Waals surface area contributed by atoms with E-state index in [1.807, 2.05) is 24.1 Å². The lowest BCUT2D eigenvalue weighted by atomic mass is 10.1. The fourth-order valence-electron chi connectivity index (χ4n) is 7.61. The number of anilines is 1. The van der Waals surface area contributed by atoms with Crippen molar-refractivity contribution in [3.63, 3.8) is 0 Å². The minimum atomic E-state index is 0.0253. The monoisotopic (exact) mass is 553 g/mol. The Kier molecular flexibility index (Phi) is 5.81. The third-order valence-corrected chi connectivity index (χ3v) is 10.1. The average Bonchev–Trinajstić information content (AvgIpc) is 3.41. The molecule has 2 bridgehead atoms. The molecule has 2 saturated carbocycles. The maximum absolute atomic E-state index is 13.7. The summed E-state index contributed by atoms with van der Waals surface area (Å²) >= 11 is 0. The van der Waals surface area contributed by atoms with Crippen molar-refractivity contribution in [3.05, 3.63) is 35.9 Å². The number of amides is 1. The van der Waals surface area contributed by atoms with Crippen LogP contribution < -0.4 is 15.4 Å². The third kappa shape index (κ3) is 4.03. The first-order chi connectivity index (χ1) is 20.0. The molecule has 3 aromatic heterocycles. The van der Waals surface area contributed by atoms with Crippen molar-refractivity contribution < 1.29 is 9.53 Å². The predicted molar refractivity (Wildman–Crippen MR) is 160 cm³/mol. The van der Waals surface area contributed by atoms with Crippen LogP contribution in [0.5, 0.6) is 5.75 Å². The van der Waals surface area contributed by atoms with Crippen molar-refractivity contribution >= 4 is 33.8 Å². The minimum absolute atomic E-state index is 0.0253. The first-order valence-corrected chi connectivity index (χ1v) is 15.4. The molecule has 1 aromatic carbocycles. The molecule has 1 amide bonds. The van der Waals surface area contributed by atoms with E-state index >= 15 is 0 Å². The Morgan fingerprint density at radius 2 is 1.88 bits per heavy atom. The second-order valence-electron chi connectivity index (χ2n) is 12.7. The van der Waals surface area contributed by atoms with Crippen molar-refractivity contribution in [1.82, 2.24) is 24.0 Å². The Labute approximate surface area is 240 Å². The fourth-order valence-corrected chi connectivity index (χ4v) is 7.61. The molecule has 2 N–H and O–H groups in total. The van der Waals surface area contributed by atoms with E-state index in [0.717, 1.165) is 78.4 Å². The number of nitrogens with zero attached hydrogens (tertiary/aromatic N) is 6. The Morgan fingerprint density at radius 3 is 2.59 bits per heavy atom. The molecule has 5 heterocycles. The number of hydrogen-bond acceptors (Lipinski definition) is 6. The molecule has 0 spiro atoms. The molecule has 2 aliphatic carbocycles. The molecule has 8 rings (SSSR count). The normalized spacial score (nSPS) is 24.2. The summed E-state index contributed by atoms with van der Waals surface area (Å²) in [7, 11) is 3.71. The van der Waals surface area contributed by atoms with Crippen LogP contribution in [-0.4, -0.2) is 68.7 Å². The first kappa shape index (κ1) is 25.1. The van der Waals surface area contributed by atoms with Gasteiger partial charge in [0.25, 0.3) is 5.91 Å². The summed E-state index contributed by atoms with van der Waals surface area (Å²) < 4.78 is 10.3. The second kappa shape index (κ2) is 9.48. The van der Waals surface area contributed by atoms with E-state index in [1.54, 1.807) is 7.11 Å². The van der Waals surface area contributed by atoms with Gasteiger partial charge in [0.2, 0.25) is 0 Å². The molecule has 3 atom stereocenters. The van der Waals surface area contributed by atoms with Gasteiger partial charge in [0.15, 0.2) is 5.82 Å². The maximum atomic E-state index is 13.7. The molecule has 214 valence electrons. The molecule has 4 aliphatic rings.